The predicted molar refractivity (Wildman–Crippen MR) is 72.6 cm³/mol. The Morgan fingerprint density at radius 3 is 2.95 bits per heavy atom. The molecule has 2 aliphatic rings. The summed E-state index contributed by atoms with van der Waals surface area (Å²) < 4.78 is 1.93. The van der Waals surface area contributed by atoms with Gasteiger partial charge in [-0.15, -0.1) is 0 Å². The van der Waals surface area contributed by atoms with Gasteiger partial charge in [-0.1, -0.05) is 0 Å². The van der Waals surface area contributed by atoms with Gasteiger partial charge in [-0.2, -0.15) is 5.10 Å². The molecule has 0 aromatic carbocycles. The minimum Gasteiger partial charge on any atom is -0.342 e. The topological polar surface area (TPSA) is 50.2 Å². The van der Waals surface area contributed by atoms with E-state index in [1.54, 1.807) is 0 Å². The maximum atomic E-state index is 12.4. The first-order valence-corrected chi connectivity index (χ1v) is 7.05. The summed E-state index contributed by atoms with van der Waals surface area (Å²) in [7, 11) is 1.98. The number of hydrogen-bond donors (Lipinski definition) is 1. The van der Waals surface area contributed by atoms with E-state index in [9.17, 15) is 4.79 Å². The van der Waals surface area contributed by atoms with Crippen molar-refractivity contribution in [2.45, 2.75) is 19.8 Å². The van der Waals surface area contributed by atoms with Crippen molar-refractivity contribution in [3.05, 3.63) is 18.0 Å². The Morgan fingerprint density at radius 2 is 2.37 bits per heavy atom. The van der Waals surface area contributed by atoms with Crippen molar-refractivity contribution in [1.29, 1.82) is 0 Å². The Balaban J connectivity index is 1.58. The molecule has 3 rings (SSSR count). The molecule has 2 fully saturated rings. The molecule has 0 bridgehead atoms. The van der Waals surface area contributed by atoms with E-state index in [0.29, 0.717) is 11.8 Å². The van der Waals surface area contributed by atoms with Gasteiger partial charge in [0.2, 0.25) is 5.91 Å². The molecule has 104 valence electrons. The van der Waals surface area contributed by atoms with Crippen LogP contribution in [-0.4, -0.2) is 46.8 Å². The minimum absolute atomic E-state index is 0.151. The number of carbonyl (C=O) groups excluding carboxylic acids is 1. The lowest BCUT2D eigenvalue weighted by molar-refractivity contribution is -0.143. The Morgan fingerprint density at radius 1 is 1.58 bits per heavy atom. The maximum Gasteiger partial charge on any atom is 0.231 e. The van der Waals surface area contributed by atoms with Gasteiger partial charge in [-0.25, -0.2) is 0 Å². The van der Waals surface area contributed by atoms with E-state index in [1.807, 2.05) is 17.9 Å². The summed E-state index contributed by atoms with van der Waals surface area (Å²) in [6.45, 7) is 5.54. The maximum absolute atomic E-state index is 12.4. The van der Waals surface area contributed by atoms with Crippen LogP contribution in [0.3, 0.4) is 0 Å². The molecule has 1 unspecified atom stereocenters. The van der Waals surface area contributed by atoms with Crippen molar-refractivity contribution in [2.75, 3.05) is 26.2 Å². The standard InChI is InChI=1S/C14H22N4O/c1-14(9-15-10-14)13(19)18-6-4-11(8-18)7-12-3-5-16-17(12)2/h3,5,11,15H,4,6-10H2,1-2H3. The van der Waals surface area contributed by atoms with Crippen LogP contribution in [-0.2, 0) is 18.3 Å². The average molecular weight is 262 g/mol. The van der Waals surface area contributed by atoms with E-state index < -0.39 is 0 Å². The number of nitrogens with one attached hydrogen (secondary N) is 1. The van der Waals surface area contributed by atoms with Gasteiger partial charge in [0, 0.05) is 45.1 Å². The number of aromatic nitrogens is 2. The molecule has 19 heavy (non-hydrogen) atoms. The van der Waals surface area contributed by atoms with Crippen LogP contribution in [0.25, 0.3) is 0 Å². The molecule has 2 saturated heterocycles. The number of nitrogens with zero attached hydrogens (tertiary/aromatic N) is 3. The zero-order valence-corrected chi connectivity index (χ0v) is 11.7. The van der Waals surface area contributed by atoms with Gasteiger partial charge in [0.15, 0.2) is 0 Å². The first kappa shape index (κ1) is 12.7. The zero-order chi connectivity index (χ0) is 13.5. The summed E-state index contributed by atoms with van der Waals surface area (Å²) in [5, 5.41) is 7.40. The van der Waals surface area contributed by atoms with E-state index >= 15 is 0 Å². The minimum atomic E-state index is -0.151. The van der Waals surface area contributed by atoms with E-state index in [-0.39, 0.29) is 5.41 Å². The molecular weight excluding hydrogens is 240 g/mol. The summed E-state index contributed by atoms with van der Waals surface area (Å²) in [6.07, 6.45) is 3.98. The highest BCUT2D eigenvalue weighted by Gasteiger charge is 2.43. The molecule has 5 heteroatoms. The van der Waals surface area contributed by atoms with Gasteiger partial charge in [-0.3, -0.25) is 9.48 Å². The molecule has 1 aromatic rings. The summed E-state index contributed by atoms with van der Waals surface area (Å²) >= 11 is 0. The number of hydrogen-bond acceptors (Lipinski definition) is 3. The Bertz CT molecular complexity index is 478. The molecule has 5 nitrogen and oxygen atoms in total. The molecule has 3 heterocycles. The van der Waals surface area contributed by atoms with Crippen LogP contribution < -0.4 is 5.32 Å². The second kappa shape index (κ2) is 4.63. The van der Waals surface area contributed by atoms with Crippen LogP contribution >= 0.6 is 0 Å². The summed E-state index contributed by atoms with van der Waals surface area (Å²) in [5.41, 5.74) is 1.11. The van der Waals surface area contributed by atoms with Gasteiger partial charge >= 0.3 is 0 Å². The molecule has 2 aliphatic heterocycles. The number of aryl methyl sites for hydroxylation is 1. The van der Waals surface area contributed by atoms with Crippen molar-refractivity contribution >= 4 is 5.91 Å². The number of likely N-dealkylation sites (tertiary alicyclic amines) is 1. The third kappa shape index (κ3) is 2.27. The Labute approximate surface area is 114 Å². The normalized spacial score (nSPS) is 25.4. The highest BCUT2D eigenvalue weighted by Crippen LogP contribution is 2.29. The lowest BCUT2D eigenvalue weighted by Gasteiger charge is -2.40. The molecule has 0 radical (unpaired) electrons. The van der Waals surface area contributed by atoms with Crippen molar-refractivity contribution in [1.82, 2.24) is 20.0 Å². The van der Waals surface area contributed by atoms with Crippen LogP contribution in [0.1, 0.15) is 19.0 Å². The largest absolute Gasteiger partial charge is 0.342 e. The third-order valence-corrected chi connectivity index (χ3v) is 4.54. The number of carbonyl (C=O) groups is 1. The predicted octanol–water partition coefficient (Wildman–Crippen LogP) is 0.421. The highest BCUT2D eigenvalue weighted by molar-refractivity contribution is 5.84. The van der Waals surface area contributed by atoms with Crippen LogP contribution in [0.2, 0.25) is 0 Å². The summed E-state index contributed by atoms with van der Waals surface area (Å²) in [5.74, 6) is 0.912. The van der Waals surface area contributed by atoms with Crippen molar-refractivity contribution in [3.8, 4) is 0 Å². The molecular formula is C14H22N4O. The van der Waals surface area contributed by atoms with Gasteiger partial charge in [0.25, 0.3) is 0 Å². The van der Waals surface area contributed by atoms with Gasteiger partial charge in [0.1, 0.15) is 0 Å². The Hall–Kier alpha value is -1.36. The number of rotatable bonds is 3. The van der Waals surface area contributed by atoms with Crippen LogP contribution in [0, 0.1) is 11.3 Å². The lowest BCUT2D eigenvalue weighted by atomic mass is 9.82. The lowest BCUT2D eigenvalue weighted by Crippen LogP contribution is -2.60. The van der Waals surface area contributed by atoms with Crippen molar-refractivity contribution in [3.63, 3.8) is 0 Å². The molecule has 1 atom stereocenters. The summed E-state index contributed by atoms with van der Waals surface area (Å²) in [4.78, 5) is 14.5. The first-order valence-electron chi connectivity index (χ1n) is 7.05. The molecule has 1 amide bonds. The van der Waals surface area contributed by atoms with E-state index in [2.05, 4.69) is 28.3 Å². The molecule has 1 aromatic heterocycles. The quantitative estimate of drug-likeness (QED) is 0.859. The first-order chi connectivity index (χ1) is 9.08. The van der Waals surface area contributed by atoms with Gasteiger partial charge in [-0.05, 0) is 31.7 Å². The molecule has 0 spiro atoms. The smallest absolute Gasteiger partial charge is 0.231 e. The fourth-order valence-corrected chi connectivity index (χ4v) is 3.11. The zero-order valence-electron chi connectivity index (χ0n) is 11.7. The Kier molecular flexibility index (Phi) is 3.09. The molecule has 1 N–H and O–H groups in total. The van der Waals surface area contributed by atoms with E-state index in [4.69, 9.17) is 0 Å². The van der Waals surface area contributed by atoms with Crippen LogP contribution in [0.5, 0.6) is 0 Å². The molecule has 0 saturated carbocycles. The summed E-state index contributed by atoms with van der Waals surface area (Å²) in [6, 6.07) is 2.07. The SMILES string of the molecule is Cn1nccc1CC1CCN(C(=O)C2(C)CNC2)C1. The van der Waals surface area contributed by atoms with Crippen molar-refractivity contribution in [2.24, 2.45) is 18.4 Å². The highest BCUT2D eigenvalue weighted by atomic mass is 16.2. The fourth-order valence-electron chi connectivity index (χ4n) is 3.11. The average Bonchev–Trinajstić information content (AvgIpc) is 2.96. The van der Waals surface area contributed by atoms with Gasteiger partial charge in [0.05, 0.1) is 5.41 Å². The molecule has 0 aliphatic carbocycles. The van der Waals surface area contributed by atoms with Gasteiger partial charge < -0.3 is 10.2 Å². The third-order valence-electron chi connectivity index (χ3n) is 4.54. The number of amides is 1. The monoisotopic (exact) mass is 262 g/mol. The van der Waals surface area contributed by atoms with E-state index in [0.717, 1.165) is 39.0 Å². The van der Waals surface area contributed by atoms with Crippen LogP contribution in [0.4, 0.5) is 0 Å². The van der Waals surface area contributed by atoms with E-state index in [1.165, 1.54) is 5.69 Å². The van der Waals surface area contributed by atoms with Crippen LogP contribution in [0.15, 0.2) is 12.3 Å². The fraction of sp³-hybridized carbons (Fsp3) is 0.714. The second-order valence-electron chi connectivity index (χ2n) is 6.22. The second-order valence-corrected chi connectivity index (χ2v) is 6.22. The van der Waals surface area contributed by atoms with Crippen molar-refractivity contribution < 1.29 is 4.79 Å².